The summed E-state index contributed by atoms with van der Waals surface area (Å²) in [5, 5.41) is 0. The highest BCUT2D eigenvalue weighted by Gasteiger charge is 2.33. The number of morpholine rings is 1. The molecule has 0 aromatic carbocycles. The summed E-state index contributed by atoms with van der Waals surface area (Å²) >= 11 is 0. The van der Waals surface area contributed by atoms with E-state index in [1.54, 1.807) is 0 Å². The predicted molar refractivity (Wildman–Crippen MR) is 68.3 cm³/mol. The van der Waals surface area contributed by atoms with Gasteiger partial charge in [-0.3, -0.25) is 9.80 Å². The highest BCUT2D eigenvalue weighted by molar-refractivity contribution is 4.87. The molecule has 0 aromatic rings. The number of hydrogen-bond acceptors (Lipinski definition) is 4. The van der Waals surface area contributed by atoms with Gasteiger partial charge in [0.1, 0.15) is 0 Å². The Morgan fingerprint density at radius 2 is 1.76 bits per heavy atom. The van der Waals surface area contributed by atoms with Crippen LogP contribution in [-0.4, -0.2) is 74.0 Å². The van der Waals surface area contributed by atoms with Crippen molar-refractivity contribution >= 4 is 0 Å². The minimum atomic E-state index is 0.237. The molecule has 2 aliphatic rings. The average molecular weight is 242 g/mol. The van der Waals surface area contributed by atoms with Crippen molar-refractivity contribution in [1.82, 2.24) is 9.80 Å². The van der Waals surface area contributed by atoms with Gasteiger partial charge in [-0.05, 0) is 20.8 Å². The fraction of sp³-hybridized carbons (Fsp3) is 1.00. The van der Waals surface area contributed by atoms with Crippen molar-refractivity contribution in [2.24, 2.45) is 0 Å². The van der Waals surface area contributed by atoms with Gasteiger partial charge >= 0.3 is 0 Å². The van der Waals surface area contributed by atoms with E-state index in [4.69, 9.17) is 9.47 Å². The Morgan fingerprint density at radius 1 is 1.12 bits per heavy atom. The van der Waals surface area contributed by atoms with Crippen LogP contribution in [0, 0.1) is 0 Å². The quantitative estimate of drug-likeness (QED) is 0.728. The third-order valence-corrected chi connectivity index (χ3v) is 3.68. The van der Waals surface area contributed by atoms with Crippen molar-refractivity contribution in [3.05, 3.63) is 0 Å². The molecule has 100 valence electrons. The molecule has 0 atom stereocenters. The lowest BCUT2D eigenvalue weighted by atomic mass is 10.0. The van der Waals surface area contributed by atoms with E-state index in [1.165, 1.54) is 0 Å². The summed E-state index contributed by atoms with van der Waals surface area (Å²) in [5.74, 6) is 0. The van der Waals surface area contributed by atoms with E-state index >= 15 is 0 Å². The Bertz CT molecular complexity index is 230. The maximum absolute atomic E-state index is 5.38. The van der Waals surface area contributed by atoms with Gasteiger partial charge in [-0.1, -0.05) is 0 Å². The molecular weight excluding hydrogens is 216 g/mol. The zero-order valence-corrected chi connectivity index (χ0v) is 11.4. The number of hydrogen-bond donors (Lipinski definition) is 0. The second-order valence-electron chi connectivity index (χ2n) is 6.01. The van der Waals surface area contributed by atoms with E-state index < -0.39 is 0 Å². The summed E-state index contributed by atoms with van der Waals surface area (Å²) in [5.41, 5.74) is 0.237. The summed E-state index contributed by atoms with van der Waals surface area (Å²) in [6.45, 7) is 14.9. The van der Waals surface area contributed by atoms with Gasteiger partial charge in [0.25, 0.3) is 0 Å². The summed E-state index contributed by atoms with van der Waals surface area (Å²) in [6, 6.07) is 0.621. The Balaban J connectivity index is 1.80. The molecule has 0 aromatic heterocycles. The first-order chi connectivity index (χ1) is 8.07. The fourth-order valence-corrected chi connectivity index (χ4v) is 2.54. The lowest BCUT2D eigenvalue weighted by Crippen LogP contribution is -2.58. The first-order valence-corrected chi connectivity index (χ1v) is 6.72. The number of rotatable bonds is 4. The van der Waals surface area contributed by atoms with Gasteiger partial charge in [-0.2, -0.15) is 0 Å². The maximum Gasteiger partial charge on any atom is 0.0645 e. The average Bonchev–Trinajstić information content (AvgIpc) is 2.21. The molecule has 2 fully saturated rings. The highest BCUT2D eigenvalue weighted by atomic mass is 16.5. The molecule has 4 nitrogen and oxygen atoms in total. The van der Waals surface area contributed by atoms with Crippen LogP contribution in [0.4, 0.5) is 0 Å². The van der Waals surface area contributed by atoms with Gasteiger partial charge in [0, 0.05) is 31.7 Å². The van der Waals surface area contributed by atoms with Gasteiger partial charge < -0.3 is 9.47 Å². The van der Waals surface area contributed by atoms with Crippen LogP contribution in [-0.2, 0) is 9.47 Å². The highest BCUT2D eigenvalue weighted by Crippen LogP contribution is 2.21. The van der Waals surface area contributed by atoms with Crippen molar-refractivity contribution in [2.75, 3.05) is 52.6 Å². The molecule has 0 N–H and O–H groups in total. The molecule has 0 saturated carbocycles. The molecule has 0 spiro atoms. The van der Waals surface area contributed by atoms with Crippen LogP contribution >= 0.6 is 0 Å². The van der Waals surface area contributed by atoms with E-state index in [1.807, 2.05) is 0 Å². The van der Waals surface area contributed by atoms with Gasteiger partial charge in [-0.25, -0.2) is 0 Å². The second kappa shape index (κ2) is 5.65. The van der Waals surface area contributed by atoms with Crippen LogP contribution in [0.2, 0.25) is 0 Å². The molecule has 2 heterocycles. The predicted octanol–water partition coefficient (Wildman–Crippen LogP) is 0.818. The molecule has 0 amide bonds. The minimum Gasteiger partial charge on any atom is -0.379 e. The maximum atomic E-state index is 5.38. The zero-order chi connectivity index (χ0) is 12.3. The molecule has 0 aliphatic carbocycles. The van der Waals surface area contributed by atoms with E-state index in [0.29, 0.717) is 6.04 Å². The van der Waals surface area contributed by atoms with Crippen molar-refractivity contribution in [3.63, 3.8) is 0 Å². The van der Waals surface area contributed by atoms with E-state index in [2.05, 4.69) is 30.6 Å². The molecule has 0 radical (unpaired) electrons. The van der Waals surface area contributed by atoms with Gasteiger partial charge in [0.05, 0.1) is 32.5 Å². The summed E-state index contributed by atoms with van der Waals surface area (Å²) in [7, 11) is 0. The molecule has 0 unspecified atom stereocenters. The Hall–Kier alpha value is -0.160. The van der Waals surface area contributed by atoms with Crippen LogP contribution in [0.1, 0.15) is 20.8 Å². The monoisotopic (exact) mass is 242 g/mol. The number of nitrogens with zero attached hydrogens (tertiary/aromatic N) is 2. The van der Waals surface area contributed by atoms with Crippen LogP contribution in [0.5, 0.6) is 0 Å². The van der Waals surface area contributed by atoms with Crippen LogP contribution in [0.15, 0.2) is 0 Å². The summed E-state index contributed by atoms with van der Waals surface area (Å²) in [4.78, 5) is 5.09. The molecule has 2 aliphatic heterocycles. The molecule has 17 heavy (non-hydrogen) atoms. The Kier molecular flexibility index (Phi) is 4.42. The Labute approximate surface area is 105 Å². The standard InChI is InChI=1S/C13H26N2O2/c1-13(2,3)15(12-10-17-11-12)5-4-14-6-8-16-9-7-14/h12H,4-11H2,1-3H3. The summed E-state index contributed by atoms with van der Waals surface area (Å²) < 4.78 is 10.7. The molecule has 2 rings (SSSR count). The largest absolute Gasteiger partial charge is 0.379 e. The SMILES string of the molecule is CC(C)(C)N(CCN1CCOCC1)C1COC1. The van der Waals surface area contributed by atoms with Crippen LogP contribution in [0.25, 0.3) is 0 Å². The second-order valence-corrected chi connectivity index (χ2v) is 6.01. The molecule has 0 bridgehead atoms. The van der Waals surface area contributed by atoms with E-state index in [-0.39, 0.29) is 5.54 Å². The smallest absolute Gasteiger partial charge is 0.0645 e. The van der Waals surface area contributed by atoms with E-state index in [0.717, 1.165) is 52.6 Å². The normalized spacial score (nSPS) is 24.0. The third kappa shape index (κ3) is 3.65. The summed E-state index contributed by atoms with van der Waals surface area (Å²) in [6.07, 6.45) is 0. The number of ether oxygens (including phenoxy) is 2. The lowest BCUT2D eigenvalue weighted by molar-refractivity contribution is -0.0971. The molecule has 2 saturated heterocycles. The topological polar surface area (TPSA) is 24.9 Å². The zero-order valence-electron chi connectivity index (χ0n) is 11.4. The first-order valence-electron chi connectivity index (χ1n) is 6.72. The van der Waals surface area contributed by atoms with Gasteiger partial charge in [0.2, 0.25) is 0 Å². The fourth-order valence-electron chi connectivity index (χ4n) is 2.54. The Morgan fingerprint density at radius 3 is 2.24 bits per heavy atom. The van der Waals surface area contributed by atoms with E-state index in [9.17, 15) is 0 Å². The van der Waals surface area contributed by atoms with Crippen molar-refractivity contribution in [2.45, 2.75) is 32.4 Å². The first kappa shape index (κ1) is 13.3. The van der Waals surface area contributed by atoms with Crippen LogP contribution < -0.4 is 0 Å². The van der Waals surface area contributed by atoms with Gasteiger partial charge in [-0.15, -0.1) is 0 Å². The van der Waals surface area contributed by atoms with Crippen LogP contribution in [0.3, 0.4) is 0 Å². The minimum absolute atomic E-state index is 0.237. The van der Waals surface area contributed by atoms with Gasteiger partial charge in [0.15, 0.2) is 0 Å². The lowest BCUT2D eigenvalue weighted by Gasteiger charge is -2.46. The molecule has 4 heteroatoms. The van der Waals surface area contributed by atoms with Crippen molar-refractivity contribution in [1.29, 1.82) is 0 Å². The molecular formula is C13H26N2O2. The van der Waals surface area contributed by atoms with Crippen molar-refractivity contribution in [3.8, 4) is 0 Å². The van der Waals surface area contributed by atoms with Crippen molar-refractivity contribution < 1.29 is 9.47 Å². The third-order valence-electron chi connectivity index (χ3n) is 3.68.